The molecule has 0 saturated heterocycles. The highest BCUT2D eigenvalue weighted by Crippen LogP contribution is 2.15. The average molecular weight is 289 g/mol. The van der Waals surface area contributed by atoms with Gasteiger partial charge >= 0.3 is 5.97 Å². The van der Waals surface area contributed by atoms with Crippen molar-refractivity contribution in [3.05, 3.63) is 30.0 Å². The fourth-order valence-electron chi connectivity index (χ4n) is 1.85. The van der Waals surface area contributed by atoms with E-state index in [1.165, 1.54) is 0 Å². The Bertz CT molecular complexity index is 670. The molecule has 1 amide bonds. The summed E-state index contributed by atoms with van der Waals surface area (Å²) in [5.74, 6) is -0.887. The summed E-state index contributed by atoms with van der Waals surface area (Å²) in [5, 5.41) is 10.1. The molecular formula is C15H19N3O3. The summed E-state index contributed by atoms with van der Waals surface area (Å²) in [5.41, 5.74) is 0.448. The number of hydrogen-bond acceptors (Lipinski definition) is 4. The summed E-state index contributed by atoms with van der Waals surface area (Å²) in [6.45, 7) is 6.92. The van der Waals surface area contributed by atoms with Gasteiger partial charge in [-0.15, -0.1) is 0 Å². The van der Waals surface area contributed by atoms with Crippen LogP contribution in [0.5, 0.6) is 0 Å². The van der Waals surface area contributed by atoms with Crippen LogP contribution in [0, 0.1) is 0 Å². The molecule has 2 aromatic rings. The van der Waals surface area contributed by atoms with Gasteiger partial charge in [0.1, 0.15) is 11.6 Å². The average Bonchev–Trinajstić information content (AvgIpc) is 2.80. The zero-order chi connectivity index (χ0) is 15.6. The Labute approximate surface area is 122 Å². The van der Waals surface area contributed by atoms with Crippen LogP contribution in [0.3, 0.4) is 0 Å². The van der Waals surface area contributed by atoms with Crippen molar-refractivity contribution >= 4 is 22.8 Å². The van der Waals surface area contributed by atoms with E-state index in [9.17, 15) is 9.59 Å². The van der Waals surface area contributed by atoms with E-state index in [0.717, 1.165) is 5.52 Å². The second-order valence-electron chi connectivity index (χ2n) is 5.85. The number of rotatable bonds is 3. The zero-order valence-corrected chi connectivity index (χ0v) is 12.6. The largest absolute Gasteiger partial charge is 0.458 e. The first-order valence-electron chi connectivity index (χ1n) is 6.75. The molecular weight excluding hydrogens is 270 g/mol. The number of aromatic amines is 1. The lowest BCUT2D eigenvalue weighted by atomic mass is 10.2. The van der Waals surface area contributed by atoms with E-state index in [4.69, 9.17) is 4.74 Å². The number of nitrogens with zero attached hydrogens (tertiary/aromatic N) is 1. The van der Waals surface area contributed by atoms with Crippen molar-refractivity contribution in [2.24, 2.45) is 0 Å². The highest BCUT2D eigenvalue weighted by atomic mass is 16.6. The molecule has 0 bridgehead atoms. The smallest absolute Gasteiger partial charge is 0.328 e. The number of esters is 1. The van der Waals surface area contributed by atoms with E-state index in [1.54, 1.807) is 33.8 Å². The van der Waals surface area contributed by atoms with E-state index < -0.39 is 23.5 Å². The summed E-state index contributed by atoms with van der Waals surface area (Å²) < 4.78 is 5.22. The molecule has 1 aromatic heterocycles. The maximum atomic E-state index is 12.2. The minimum absolute atomic E-state index is 0.265. The standard InChI is InChI=1S/C15H19N3O3/c1-9(14(20)21-15(2,3)4)16-13(19)12-10-7-5-6-8-11(10)17-18-12/h5-9H,1-4H3,(H,16,19)(H,17,18)/t9-/m0/s1. The van der Waals surface area contributed by atoms with Crippen molar-refractivity contribution in [1.29, 1.82) is 0 Å². The van der Waals surface area contributed by atoms with E-state index in [1.807, 2.05) is 18.2 Å². The number of fused-ring (bicyclic) bond motifs is 1. The van der Waals surface area contributed by atoms with Crippen molar-refractivity contribution in [2.45, 2.75) is 39.3 Å². The van der Waals surface area contributed by atoms with Crippen molar-refractivity contribution in [3.63, 3.8) is 0 Å². The van der Waals surface area contributed by atoms with E-state index in [2.05, 4.69) is 15.5 Å². The first kappa shape index (κ1) is 15.0. The molecule has 0 aliphatic heterocycles. The molecule has 0 unspecified atom stereocenters. The van der Waals surface area contributed by atoms with Crippen molar-refractivity contribution in [1.82, 2.24) is 15.5 Å². The van der Waals surface area contributed by atoms with Gasteiger partial charge in [0, 0.05) is 5.39 Å². The van der Waals surface area contributed by atoms with Gasteiger partial charge in [0.2, 0.25) is 0 Å². The number of aromatic nitrogens is 2. The number of para-hydroxylation sites is 1. The summed E-state index contributed by atoms with van der Waals surface area (Å²) in [6.07, 6.45) is 0. The predicted octanol–water partition coefficient (Wildman–Crippen LogP) is 2.02. The van der Waals surface area contributed by atoms with Gasteiger partial charge in [-0.05, 0) is 33.8 Å². The van der Waals surface area contributed by atoms with Gasteiger partial charge in [-0.2, -0.15) is 5.10 Å². The summed E-state index contributed by atoms with van der Waals surface area (Å²) >= 11 is 0. The minimum atomic E-state index is -0.743. The number of carbonyl (C=O) groups is 2. The van der Waals surface area contributed by atoms with Gasteiger partial charge < -0.3 is 10.1 Å². The third-order valence-corrected chi connectivity index (χ3v) is 2.79. The van der Waals surface area contributed by atoms with Crippen LogP contribution in [0.2, 0.25) is 0 Å². The molecule has 1 heterocycles. The van der Waals surface area contributed by atoms with Gasteiger partial charge in [-0.3, -0.25) is 9.89 Å². The maximum Gasteiger partial charge on any atom is 0.328 e. The molecule has 2 rings (SSSR count). The number of hydrogen-bond donors (Lipinski definition) is 2. The lowest BCUT2D eigenvalue weighted by Gasteiger charge is -2.22. The van der Waals surface area contributed by atoms with Crippen LogP contribution in [-0.2, 0) is 9.53 Å². The lowest BCUT2D eigenvalue weighted by Crippen LogP contribution is -2.42. The third kappa shape index (κ3) is 3.59. The molecule has 21 heavy (non-hydrogen) atoms. The third-order valence-electron chi connectivity index (χ3n) is 2.79. The SMILES string of the molecule is C[C@H](NC(=O)c1n[nH]c2ccccc12)C(=O)OC(C)(C)C. The molecule has 0 saturated carbocycles. The van der Waals surface area contributed by atoms with Crippen LogP contribution in [0.1, 0.15) is 38.2 Å². The second-order valence-corrected chi connectivity index (χ2v) is 5.85. The van der Waals surface area contributed by atoms with Crippen LogP contribution in [0.25, 0.3) is 10.9 Å². The number of amides is 1. The van der Waals surface area contributed by atoms with Crippen LogP contribution < -0.4 is 5.32 Å². The Balaban J connectivity index is 2.09. The van der Waals surface area contributed by atoms with Crippen LogP contribution in [-0.4, -0.2) is 33.7 Å². The fraction of sp³-hybridized carbons (Fsp3) is 0.400. The Morgan fingerprint density at radius 2 is 1.95 bits per heavy atom. The molecule has 2 N–H and O–H groups in total. The number of ether oxygens (including phenoxy) is 1. The molecule has 0 fully saturated rings. The first-order chi connectivity index (χ1) is 9.78. The molecule has 0 aliphatic carbocycles. The van der Waals surface area contributed by atoms with Crippen molar-refractivity contribution in [3.8, 4) is 0 Å². The van der Waals surface area contributed by atoms with Crippen molar-refractivity contribution in [2.75, 3.05) is 0 Å². The van der Waals surface area contributed by atoms with E-state index >= 15 is 0 Å². The van der Waals surface area contributed by atoms with Gasteiger partial charge in [0.15, 0.2) is 5.69 Å². The number of H-pyrrole nitrogens is 1. The molecule has 1 aromatic carbocycles. The molecule has 0 aliphatic rings. The molecule has 6 heteroatoms. The quantitative estimate of drug-likeness (QED) is 0.847. The molecule has 1 atom stereocenters. The maximum absolute atomic E-state index is 12.2. The van der Waals surface area contributed by atoms with Gasteiger partial charge in [0.05, 0.1) is 5.52 Å². The van der Waals surface area contributed by atoms with Crippen molar-refractivity contribution < 1.29 is 14.3 Å². The van der Waals surface area contributed by atoms with Crippen LogP contribution in [0.15, 0.2) is 24.3 Å². The lowest BCUT2D eigenvalue weighted by molar-refractivity contribution is -0.156. The summed E-state index contributed by atoms with van der Waals surface area (Å²) in [7, 11) is 0. The topological polar surface area (TPSA) is 84.1 Å². The minimum Gasteiger partial charge on any atom is -0.458 e. The first-order valence-corrected chi connectivity index (χ1v) is 6.75. The Kier molecular flexibility index (Phi) is 3.97. The normalized spacial score (nSPS) is 13.0. The monoisotopic (exact) mass is 289 g/mol. The highest BCUT2D eigenvalue weighted by molar-refractivity contribution is 6.05. The summed E-state index contributed by atoms with van der Waals surface area (Å²) in [6, 6.07) is 6.56. The van der Waals surface area contributed by atoms with Gasteiger partial charge in [-0.1, -0.05) is 18.2 Å². The Morgan fingerprint density at radius 1 is 1.29 bits per heavy atom. The van der Waals surface area contributed by atoms with Gasteiger partial charge in [0.25, 0.3) is 5.91 Å². The Morgan fingerprint density at radius 3 is 2.62 bits per heavy atom. The zero-order valence-electron chi connectivity index (χ0n) is 12.6. The second kappa shape index (κ2) is 5.55. The predicted molar refractivity (Wildman–Crippen MR) is 78.9 cm³/mol. The number of carbonyl (C=O) groups excluding carboxylic acids is 2. The molecule has 0 radical (unpaired) electrons. The Hall–Kier alpha value is -2.37. The van der Waals surface area contributed by atoms with Crippen LogP contribution >= 0.6 is 0 Å². The molecule has 6 nitrogen and oxygen atoms in total. The van der Waals surface area contributed by atoms with Crippen LogP contribution in [0.4, 0.5) is 0 Å². The summed E-state index contributed by atoms with van der Waals surface area (Å²) in [4.78, 5) is 24.1. The molecule has 112 valence electrons. The van der Waals surface area contributed by atoms with E-state index in [-0.39, 0.29) is 5.69 Å². The highest BCUT2D eigenvalue weighted by Gasteiger charge is 2.24. The van der Waals surface area contributed by atoms with E-state index in [0.29, 0.717) is 5.39 Å². The fourth-order valence-corrected chi connectivity index (χ4v) is 1.85. The molecule has 0 spiro atoms. The number of benzene rings is 1. The number of nitrogens with one attached hydrogen (secondary N) is 2. The van der Waals surface area contributed by atoms with Gasteiger partial charge in [-0.25, -0.2) is 4.79 Å².